The number of piperidine rings is 1. The van der Waals surface area contributed by atoms with Crippen molar-refractivity contribution in [1.82, 2.24) is 4.31 Å². The fraction of sp³-hybridized carbons (Fsp3) is 0.417. The number of benzene rings is 1. The third-order valence-electron chi connectivity index (χ3n) is 3.16. The summed E-state index contributed by atoms with van der Waals surface area (Å²) in [5.41, 5.74) is 0. The maximum atomic E-state index is 12.8. The first-order chi connectivity index (χ1) is 8.91. The number of halogens is 2. The number of hydrogen-bond acceptors (Lipinski definition) is 3. The van der Waals surface area contributed by atoms with Crippen LogP contribution in [-0.4, -0.2) is 31.1 Å². The predicted octanol–water partition coefficient (Wildman–Crippen LogP) is 1.99. The fourth-order valence-electron chi connectivity index (χ4n) is 2.10. The first kappa shape index (κ1) is 14.4. The smallest absolute Gasteiger partial charge is 0.243 e. The lowest BCUT2D eigenvalue weighted by molar-refractivity contribution is -0.116. The molecule has 2 rings (SSSR count). The molecule has 1 aromatic rings. The van der Waals surface area contributed by atoms with Gasteiger partial charge < -0.3 is 0 Å². The van der Waals surface area contributed by atoms with Gasteiger partial charge >= 0.3 is 0 Å². The van der Waals surface area contributed by atoms with Crippen molar-refractivity contribution in [3.63, 3.8) is 0 Å². The first-order valence-corrected chi connectivity index (χ1v) is 7.68. The van der Waals surface area contributed by atoms with Crippen LogP contribution in [0.15, 0.2) is 29.2 Å². The molecule has 7 heteroatoms. The van der Waals surface area contributed by atoms with Crippen molar-refractivity contribution in [3.05, 3.63) is 30.1 Å². The van der Waals surface area contributed by atoms with Crippen molar-refractivity contribution in [3.8, 4) is 0 Å². The van der Waals surface area contributed by atoms with Gasteiger partial charge in [0.25, 0.3) is 0 Å². The van der Waals surface area contributed by atoms with Crippen molar-refractivity contribution in [2.45, 2.75) is 17.7 Å². The van der Waals surface area contributed by atoms with E-state index in [1.165, 1.54) is 16.4 Å². The molecule has 1 aromatic carbocycles. The molecule has 0 unspecified atom stereocenters. The Kier molecular flexibility index (Phi) is 4.23. The van der Waals surface area contributed by atoms with Crippen molar-refractivity contribution in [2.75, 3.05) is 13.1 Å². The van der Waals surface area contributed by atoms with E-state index in [4.69, 9.17) is 11.6 Å². The summed E-state index contributed by atoms with van der Waals surface area (Å²) in [7, 11) is -3.69. The van der Waals surface area contributed by atoms with Gasteiger partial charge in [-0.25, -0.2) is 12.8 Å². The van der Waals surface area contributed by atoms with Crippen LogP contribution in [0.5, 0.6) is 0 Å². The molecule has 19 heavy (non-hydrogen) atoms. The van der Waals surface area contributed by atoms with E-state index >= 15 is 0 Å². The molecule has 0 aliphatic carbocycles. The Bertz CT molecular complexity index is 573. The summed E-state index contributed by atoms with van der Waals surface area (Å²) >= 11 is 5.43. The molecule has 1 atom stereocenters. The molecule has 1 aliphatic rings. The zero-order valence-electron chi connectivity index (χ0n) is 10.1. The van der Waals surface area contributed by atoms with Crippen LogP contribution in [0.4, 0.5) is 4.39 Å². The molecule has 0 saturated carbocycles. The molecule has 1 fully saturated rings. The Morgan fingerprint density at radius 3 is 2.53 bits per heavy atom. The summed E-state index contributed by atoms with van der Waals surface area (Å²) in [6.45, 7) is 0.433. The van der Waals surface area contributed by atoms with Gasteiger partial charge in [0.1, 0.15) is 5.82 Å². The number of carbonyl (C=O) groups excluding carboxylic acids is 1. The molecule has 0 bridgehead atoms. The maximum absolute atomic E-state index is 12.8. The summed E-state index contributed by atoms with van der Waals surface area (Å²) in [6.07, 6.45) is 1.18. The van der Waals surface area contributed by atoms with E-state index in [0.717, 1.165) is 12.1 Å². The van der Waals surface area contributed by atoms with Gasteiger partial charge in [-0.05, 0) is 48.7 Å². The summed E-state index contributed by atoms with van der Waals surface area (Å²) in [6, 6.07) is 4.63. The monoisotopic (exact) mass is 305 g/mol. The number of rotatable bonds is 3. The third kappa shape index (κ3) is 3.13. The fourth-order valence-corrected chi connectivity index (χ4v) is 3.80. The number of carbonyl (C=O) groups is 1. The topological polar surface area (TPSA) is 54.5 Å². The molecular weight excluding hydrogens is 293 g/mol. The molecule has 0 spiro atoms. The highest BCUT2D eigenvalue weighted by Crippen LogP contribution is 2.25. The van der Waals surface area contributed by atoms with Crippen LogP contribution in [0.3, 0.4) is 0 Å². The summed E-state index contributed by atoms with van der Waals surface area (Å²) in [5, 5.41) is -0.515. The molecule has 0 N–H and O–H groups in total. The second kappa shape index (κ2) is 5.56. The molecule has 0 amide bonds. The van der Waals surface area contributed by atoms with Gasteiger partial charge in [-0.2, -0.15) is 4.31 Å². The minimum Gasteiger partial charge on any atom is -0.281 e. The molecule has 1 aliphatic heterocycles. The van der Waals surface area contributed by atoms with Crippen LogP contribution >= 0.6 is 11.6 Å². The lowest BCUT2D eigenvalue weighted by Gasteiger charge is -2.30. The van der Waals surface area contributed by atoms with E-state index in [2.05, 4.69) is 0 Å². The van der Waals surface area contributed by atoms with E-state index in [1.54, 1.807) is 0 Å². The van der Waals surface area contributed by atoms with Crippen LogP contribution in [0, 0.1) is 11.7 Å². The summed E-state index contributed by atoms with van der Waals surface area (Å²) in [4.78, 5) is 11.2. The average molecular weight is 306 g/mol. The van der Waals surface area contributed by atoms with E-state index in [-0.39, 0.29) is 11.4 Å². The second-order valence-corrected chi connectivity index (χ2v) is 6.77. The van der Waals surface area contributed by atoms with E-state index < -0.39 is 27.0 Å². The highest BCUT2D eigenvalue weighted by atomic mass is 35.5. The van der Waals surface area contributed by atoms with Crippen molar-refractivity contribution < 1.29 is 17.6 Å². The second-order valence-electron chi connectivity index (χ2n) is 4.46. The first-order valence-electron chi connectivity index (χ1n) is 5.86. The SMILES string of the molecule is O=C(Cl)[C@@H]1CCCN(S(=O)(=O)c2ccc(F)cc2)C1. The Morgan fingerprint density at radius 1 is 1.32 bits per heavy atom. The van der Waals surface area contributed by atoms with Gasteiger partial charge in [-0.1, -0.05) is 0 Å². The van der Waals surface area contributed by atoms with Gasteiger partial charge in [0.2, 0.25) is 15.3 Å². The van der Waals surface area contributed by atoms with Crippen LogP contribution in [0.1, 0.15) is 12.8 Å². The quantitative estimate of drug-likeness (QED) is 0.803. The van der Waals surface area contributed by atoms with Crippen LogP contribution in [0.25, 0.3) is 0 Å². The predicted molar refractivity (Wildman–Crippen MR) is 68.7 cm³/mol. The van der Waals surface area contributed by atoms with Crippen LogP contribution in [-0.2, 0) is 14.8 Å². The van der Waals surface area contributed by atoms with Gasteiger partial charge in [-0.15, -0.1) is 0 Å². The average Bonchev–Trinajstić information content (AvgIpc) is 2.39. The molecular formula is C12H13ClFNO3S. The van der Waals surface area contributed by atoms with Crippen LogP contribution in [0.2, 0.25) is 0 Å². The normalized spacial score (nSPS) is 21.3. The molecule has 104 valence electrons. The number of hydrogen-bond donors (Lipinski definition) is 0. The molecule has 0 radical (unpaired) electrons. The highest BCUT2D eigenvalue weighted by molar-refractivity contribution is 7.89. The largest absolute Gasteiger partial charge is 0.281 e. The third-order valence-corrected chi connectivity index (χ3v) is 5.34. The Labute approximate surface area is 116 Å². The highest BCUT2D eigenvalue weighted by Gasteiger charge is 2.32. The Balaban J connectivity index is 2.24. The number of nitrogens with zero attached hydrogens (tertiary/aromatic N) is 1. The van der Waals surface area contributed by atoms with E-state index in [9.17, 15) is 17.6 Å². The minimum atomic E-state index is -3.69. The minimum absolute atomic E-state index is 0.0246. The van der Waals surface area contributed by atoms with Gasteiger partial charge in [0, 0.05) is 19.0 Å². The molecule has 1 saturated heterocycles. The van der Waals surface area contributed by atoms with Crippen LogP contribution < -0.4 is 0 Å². The molecule has 1 heterocycles. The molecule has 4 nitrogen and oxygen atoms in total. The molecule has 0 aromatic heterocycles. The Hall–Kier alpha value is -0.980. The zero-order valence-corrected chi connectivity index (χ0v) is 11.6. The zero-order chi connectivity index (χ0) is 14.0. The lowest BCUT2D eigenvalue weighted by Crippen LogP contribution is -2.41. The summed E-state index contributed by atoms with van der Waals surface area (Å²) < 4.78 is 38.7. The van der Waals surface area contributed by atoms with E-state index in [1.807, 2.05) is 0 Å². The van der Waals surface area contributed by atoms with Crippen molar-refractivity contribution >= 4 is 26.9 Å². The van der Waals surface area contributed by atoms with Crippen molar-refractivity contribution in [1.29, 1.82) is 0 Å². The maximum Gasteiger partial charge on any atom is 0.243 e. The standard InChI is InChI=1S/C12H13ClFNO3S/c13-12(16)9-2-1-7-15(8-9)19(17,18)11-5-3-10(14)4-6-11/h3-6,9H,1-2,7-8H2/t9-/m1/s1. The lowest BCUT2D eigenvalue weighted by atomic mass is 10.0. The van der Waals surface area contributed by atoms with Gasteiger partial charge in [-0.3, -0.25) is 4.79 Å². The summed E-state index contributed by atoms with van der Waals surface area (Å²) in [5.74, 6) is -0.961. The van der Waals surface area contributed by atoms with Gasteiger partial charge in [0.05, 0.1) is 4.90 Å². The Morgan fingerprint density at radius 2 is 1.95 bits per heavy atom. The van der Waals surface area contributed by atoms with Crippen molar-refractivity contribution in [2.24, 2.45) is 5.92 Å². The number of sulfonamides is 1. The van der Waals surface area contributed by atoms with Gasteiger partial charge in [0.15, 0.2) is 0 Å². The van der Waals surface area contributed by atoms with E-state index in [0.29, 0.717) is 19.4 Å².